The second-order valence-corrected chi connectivity index (χ2v) is 9.04. The van der Waals surface area contributed by atoms with Crippen LogP contribution in [0.25, 0.3) is 17.5 Å². The number of aromatic nitrogens is 4. The van der Waals surface area contributed by atoms with Crippen LogP contribution in [-0.4, -0.2) is 60.5 Å². The molecule has 3 aromatic rings. The van der Waals surface area contributed by atoms with Crippen molar-refractivity contribution in [2.24, 2.45) is 7.05 Å². The molecular formula is C22H19FN6O3S2. The maximum Gasteiger partial charge on any atom is 0.293 e. The lowest BCUT2D eigenvalue weighted by Gasteiger charge is -2.12. The molecular weight excluding hydrogens is 479 g/mol. The van der Waals surface area contributed by atoms with Gasteiger partial charge in [0.05, 0.1) is 10.7 Å². The van der Waals surface area contributed by atoms with Gasteiger partial charge in [0, 0.05) is 43.7 Å². The van der Waals surface area contributed by atoms with Crippen molar-refractivity contribution in [2.45, 2.75) is 5.16 Å². The summed E-state index contributed by atoms with van der Waals surface area (Å²) in [4.78, 5) is 42.2. The summed E-state index contributed by atoms with van der Waals surface area (Å²) in [6, 6.07) is 9.67. The molecule has 3 heterocycles. The largest absolute Gasteiger partial charge is 0.354 e. The number of halogens is 1. The molecule has 0 unspecified atom stereocenters. The number of benzene rings is 1. The van der Waals surface area contributed by atoms with Gasteiger partial charge in [-0.1, -0.05) is 30.0 Å². The minimum absolute atomic E-state index is 0.0187. The smallest absolute Gasteiger partial charge is 0.293 e. The highest BCUT2D eigenvalue weighted by Gasteiger charge is 2.34. The number of imide groups is 1. The average molecular weight is 499 g/mol. The quantitative estimate of drug-likeness (QED) is 0.373. The van der Waals surface area contributed by atoms with E-state index in [2.05, 4.69) is 20.5 Å². The Labute approximate surface area is 202 Å². The summed E-state index contributed by atoms with van der Waals surface area (Å²) in [7, 11) is 1.80. The molecule has 1 saturated heterocycles. The number of hydrogen-bond donors (Lipinski definition) is 1. The van der Waals surface area contributed by atoms with Crippen molar-refractivity contribution in [3.05, 3.63) is 65.1 Å². The molecule has 9 nitrogen and oxygen atoms in total. The molecule has 1 aliphatic rings. The summed E-state index contributed by atoms with van der Waals surface area (Å²) in [5.41, 5.74) is 1.05. The zero-order chi connectivity index (χ0) is 24.1. The van der Waals surface area contributed by atoms with Gasteiger partial charge in [-0.2, -0.15) is 0 Å². The molecule has 0 saturated carbocycles. The number of carbonyl (C=O) groups is 3. The maximum absolute atomic E-state index is 13.8. The molecule has 2 aromatic heterocycles. The molecule has 34 heavy (non-hydrogen) atoms. The van der Waals surface area contributed by atoms with Crippen LogP contribution in [0.2, 0.25) is 0 Å². The highest BCUT2D eigenvalue weighted by Crippen LogP contribution is 2.32. The summed E-state index contributed by atoms with van der Waals surface area (Å²) in [5.74, 6) is -0.532. The van der Waals surface area contributed by atoms with Crippen molar-refractivity contribution in [2.75, 3.05) is 18.8 Å². The van der Waals surface area contributed by atoms with E-state index in [1.807, 2.05) is 6.07 Å². The number of thioether (sulfide) groups is 2. The van der Waals surface area contributed by atoms with E-state index in [1.54, 1.807) is 42.2 Å². The van der Waals surface area contributed by atoms with Crippen LogP contribution < -0.4 is 5.32 Å². The predicted molar refractivity (Wildman–Crippen MR) is 127 cm³/mol. The fraction of sp³-hybridized carbons (Fsp3) is 0.182. The predicted octanol–water partition coefficient (Wildman–Crippen LogP) is 2.96. The van der Waals surface area contributed by atoms with E-state index in [9.17, 15) is 18.8 Å². The van der Waals surface area contributed by atoms with E-state index in [4.69, 9.17) is 0 Å². The van der Waals surface area contributed by atoms with Crippen LogP contribution in [0, 0.1) is 5.82 Å². The van der Waals surface area contributed by atoms with E-state index in [0.717, 1.165) is 22.2 Å². The number of rotatable bonds is 8. The van der Waals surface area contributed by atoms with Crippen LogP contribution in [0.1, 0.15) is 5.56 Å². The zero-order valence-corrected chi connectivity index (χ0v) is 19.6. The van der Waals surface area contributed by atoms with Gasteiger partial charge in [0.15, 0.2) is 11.0 Å². The second-order valence-electron chi connectivity index (χ2n) is 7.10. The molecule has 1 aliphatic heterocycles. The van der Waals surface area contributed by atoms with Crippen molar-refractivity contribution in [3.8, 4) is 11.4 Å². The fourth-order valence-electron chi connectivity index (χ4n) is 3.10. The Hall–Kier alpha value is -3.51. The Morgan fingerprint density at radius 1 is 1.21 bits per heavy atom. The standard InChI is InChI=1S/C22H19FN6O3S2/c1-28-19(15-6-4-8-24-12-15)26-27-21(28)33-13-18(30)25-9-10-29-20(31)17(34-22(29)32)11-14-5-2-3-7-16(14)23/h2-8,11-12H,9-10,13H2,1H3,(H,25,30)/b17-11-. The van der Waals surface area contributed by atoms with Gasteiger partial charge in [0.25, 0.3) is 11.1 Å². The Morgan fingerprint density at radius 2 is 2.03 bits per heavy atom. The number of hydrogen-bond acceptors (Lipinski definition) is 8. The SMILES string of the molecule is Cn1c(SCC(=O)NCCN2C(=O)S/C(=C\c3ccccc3F)C2=O)nnc1-c1cccnc1. The van der Waals surface area contributed by atoms with Crippen LogP contribution in [0.15, 0.2) is 58.9 Å². The van der Waals surface area contributed by atoms with Gasteiger partial charge in [0.1, 0.15) is 5.82 Å². The lowest BCUT2D eigenvalue weighted by Crippen LogP contribution is -2.37. The topological polar surface area (TPSA) is 110 Å². The van der Waals surface area contributed by atoms with E-state index in [0.29, 0.717) is 11.0 Å². The van der Waals surface area contributed by atoms with Crippen LogP contribution in [-0.2, 0) is 16.6 Å². The summed E-state index contributed by atoms with van der Waals surface area (Å²) < 4.78 is 15.6. The van der Waals surface area contributed by atoms with Crippen LogP contribution in [0.3, 0.4) is 0 Å². The number of amides is 3. The minimum atomic E-state index is -0.510. The molecule has 12 heteroatoms. The second kappa shape index (κ2) is 10.6. The zero-order valence-electron chi connectivity index (χ0n) is 18.0. The lowest BCUT2D eigenvalue weighted by atomic mass is 10.2. The first-order chi connectivity index (χ1) is 16.4. The fourth-order valence-corrected chi connectivity index (χ4v) is 4.70. The number of carbonyl (C=O) groups excluding carboxylic acids is 3. The normalized spacial score (nSPS) is 14.8. The van der Waals surface area contributed by atoms with Crippen LogP contribution >= 0.6 is 23.5 Å². The van der Waals surface area contributed by atoms with Gasteiger partial charge >= 0.3 is 0 Å². The number of pyridine rings is 1. The monoisotopic (exact) mass is 498 g/mol. The third kappa shape index (κ3) is 5.34. The van der Waals surface area contributed by atoms with Gasteiger partial charge in [-0.25, -0.2) is 4.39 Å². The van der Waals surface area contributed by atoms with Gasteiger partial charge in [-0.05, 0) is 36.0 Å². The maximum atomic E-state index is 13.8. The lowest BCUT2D eigenvalue weighted by molar-refractivity contribution is -0.123. The summed E-state index contributed by atoms with van der Waals surface area (Å²) in [6.45, 7) is 0.120. The van der Waals surface area contributed by atoms with E-state index in [1.165, 1.54) is 30.0 Å². The Morgan fingerprint density at radius 3 is 2.79 bits per heavy atom. The van der Waals surface area contributed by atoms with Crippen molar-refractivity contribution in [1.82, 2.24) is 30.0 Å². The third-order valence-corrected chi connectivity index (χ3v) is 6.74. The highest BCUT2D eigenvalue weighted by atomic mass is 32.2. The molecule has 0 aliphatic carbocycles. The van der Waals surface area contributed by atoms with Crippen molar-refractivity contribution >= 4 is 46.7 Å². The molecule has 174 valence electrons. The summed E-state index contributed by atoms with van der Waals surface area (Å²) >= 11 is 1.96. The first-order valence-corrected chi connectivity index (χ1v) is 11.9. The Balaban J connectivity index is 1.27. The van der Waals surface area contributed by atoms with E-state index >= 15 is 0 Å². The van der Waals surface area contributed by atoms with Gasteiger partial charge < -0.3 is 9.88 Å². The van der Waals surface area contributed by atoms with Gasteiger partial charge in [-0.15, -0.1) is 10.2 Å². The molecule has 0 spiro atoms. The molecule has 0 radical (unpaired) electrons. The van der Waals surface area contributed by atoms with Gasteiger partial charge in [-0.3, -0.25) is 24.3 Å². The minimum Gasteiger partial charge on any atom is -0.354 e. The van der Waals surface area contributed by atoms with Crippen molar-refractivity contribution in [3.63, 3.8) is 0 Å². The molecule has 4 rings (SSSR count). The molecule has 1 aromatic carbocycles. The Bertz CT molecular complexity index is 1260. The first kappa shape index (κ1) is 23.6. The molecule has 1 fully saturated rings. The third-order valence-electron chi connectivity index (χ3n) is 4.81. The average Bonchev–Trinajstić information content (AvgIpc) is 3.33. The molecule has 0 atom stereocenters. The van der Waals surface area contributed by atoms with E-state index in [-0.39, 0.29) is 35.2 Å². The van der Waals surface area contributed by atoms with Crippen LogP contribution in [0.4, 0.5) is 9.18 Å². The summed E-state index contributed by atoms with van der Waals surface area (Å²) in [6.07, 6.45) is 4.71. The molecule has 0 bridgehead atoms. The number of nitrogens with zero attached hydrogens (tertiary/aromatic N) is 5. The van der Waals surface area contributed by atoms with Gasteiger partial charge in [0.2, 0.25) is 5.91 Å². The summed E-state index contributed by atoms with van der Waals surface area (Å²) in [5, 5.41) is 11.1. The van der Waals surface area contributed by atoms with Crippen LogP contribution in [0.5, 0.6) is 0 Å². The first-order valence-electron chi connectivity index (χ1n) is 10.1. The Kier molecular flexibility index (Phi) is 7.38. The highest BCUT2D eigenvalue weighted by molar-refractivity contribution is 8.18. The van der Waals surface area contributed by atoms with Crippen molar-refractivity contribution < 1.29 is 18.8 Å². The van der Waals surface area contributed by atoms with E-state index < -0.39 is 17.0 Å². The molecule has 3 amide bonds. The van der Waals surface area contributed by atoms with Crippen molar-refractivity contribution in [1.29, 1.82) is 0 Å². The molecule has 1 N–H and O–H groups in total. The number of nitrogens with one attached hydrogen (secondary N) is 1.